The molecule has 3 rings (SSSR count). The molecule has 0 aliphatic carbocycles. The summed E-state index contributed by atoms with van der Waals surface area (Å²) in [6, 6.07) is 12.5. The first-order valence-electron chi connectivity index (χ1n) is 9.39. The Labute approximate surface area is 164 Å². The number of rotatable bonds is 7. The lowest BCUT2D eigenvalue weighted by atomic mass is 10.2. The van der Waals surface area contributed by atoms with E-state index >= 15 is 0 Å². The standard InChI is InChI=1S/C20H27N5OS/c1-2-21-20(23-10-9-18-4-3-13-27-18)24-14-16-5-7-17(8-6-16)25-12-11-22-19(26)15-25/h3-8,13H,2,9-12,14-15H2,1H3,(H,22,26)(H2,21,23,24). The second-order valence-electron chi connectivity index (χ2n) is 6.39. The van der Waals surface area contributed by atoms with E-state index in [9.17, 15) is 4.79 Å². The lowest BCUT2D eigenvalue weighted by Crippen LogP contribution is -2.47. The highest BCUT2D eigenvalue weighted by atomic mass is 32.1. The molecular formula is C20H27N5OS. The lowest BCUT2D eigenvalue weighted by Gasteiger charge is -2.28. The number of carbonyl (C=O) groups excluding carboxylic acids is 1. The zero-order valence-corrected chi connectivity index (χ0v) is 16.5. The van der Waals surface area contributed by atoms with Gasteiger partial charge in [-0.3, -0.25) is 4.79 Å². The molecule has 1 aliphatic heterocycles. The van der Waals surface area contributed by atoms with Crippen LogP contribution in [0.3, 0.4) is 0 Å². The van der Waals surface area contributed by atoms with Gasteiger partial charge in [-0.1, -0.05) is 18.2 Å². The van der Waals surface area contributed by atoms with Crippen molar-refractivity contribution >= 4 is 28.9 Å². The predicted molar refractivity (Wildman–Crippen MR) is 113 cm³/mol. The van der Waals surface area contributed by atoms with Gasteiger partial charge in [0.1, 0.15) is 0 Å². The topological polar surface area (TPSA) is 68.8 Å². The maximum Gasteiger partial charge on any atom is 0.239 e. The molecule has 0 saturated carbocycles. The fraction of sp³-hybridized carbons (Fsp3) is 0.400. The Bertz CT molecular complexity index is 742. The molecule has 7 heteroatoms. The zero-order valence-electron chi connectivity index (χ0n) is 15.7. The molecule has 1 aromatic heterocycles. The minimum atomic E-state index is 0.0823. The summed E-state index contributed by atoms with van der Waals surface area (Å²) in [5.74, 6) is 0.921. The van der Waals surface area contributed by atoms with Gasteiger partial charge in [0, 0.05) is 36.7 Å². The molecular weight excluding hydrogens is 358 g/mol. The monoisotopic (exact) mass is 385 g/mol. The molecule has 0 radical (unpaired) electrons. The van der Waals surface area contributed by atoms with E-state index in [2.05, 4.69) is 74.5 Å². The third-order valence-electron chi connectivity index (χ3n) is 4.35. The maximum atomic E-state index is 11.5. The van der Waals surface area contributed by atoms with Crippen LogP contribution in [0.2, 0.25) is 0 Å². The minimum absolute atomic E-state index is 0.0823. The SMILES string of the molecule is CCNC(=NCc1ccc(N2CCNC(=O)C2)cc1)NCCc1cccs1. The van der Waals surface area contributed by atoms with Crippen molar-refractivity contribution in [2.24, 2.45) is 4.99 Å². The van der Waals surface area contributed by atoms with Gasteiger partial charge in [0.15, 0.2) is 5.96 Å². The number of thiophene rings is 1. The van der Waals surface area contributed by atoms with Crippen LogP contribution in [-0.2, 0) is 17.8 Å². The highest BCUT2D eigenvalue weighted by molar-refractivity contribution is 7.09. The average molecular weight is 386 g/mol. The molecule has 0 spiro atoms. The molecule has 2 aromatic rings. The van der Waals surface area contributed by atoms with Crippen molar-refractivity contribution in [3.05, 3.63) is 52.2 Å². The van der Waals surface area contributed by atoms with Gasteiger partial charge < -0.3 is 20.9 Å². The minimum Gasteiger partial charge on any atom is -0.360 e. The highest BCUT2D eigenvalue weighted by Gasteiger charge is 2.16. The molecule has 27 heavy (non-hydrogen) atoms. The number of guanidine groups is 1. The average Bonchev–Trinajstić information content (AvgIpc) is 3.20. The van der Waals surface area contributed by atoms with Crippen LogP contribution in [0.15, 0.2) is 46.8 Å². The zero-order chi connectivity index (χ0) is 18.9. The van der Waals surface area contributed by atoms with Crippen molar-refractivity contribution in [1.82, 2.24) is 16.0 Å². The quantitative estimate of drug-likeness (QED) is 0.504. The largest absolute Gasteiger partial charge is 0.360 e. The number of aliphatic imine (C=N–C) groups is 1. The fourth-order valence-corrected chi connectivity index (χ4v) is 3.65. The molecule has 1 aromatic carbocycles. The van der Waals surface area contributed by atoms with Crippen molar-refractivity contribution in [3.8, 4) is 0 Å². The normalized spacial score (nSPS) is 14.8. The summed E-state index contributed by atoms with van der Waals surface area (Å²) in [6.45, 7) is 6.37. The second kappa shape index (κ2) is 9.97. The van der Waals surface area contributed by atoms with Crippen LogP contribution in [0, 0.1) is 0 Å². The summed E-state index contributed by atoms with van der Waals surface area (Å²) in [5.41, 5.74) is 2.23. The van der Waals surface area contributed by atoms with E-state index in [1.165, 1.54) is 4.88 Å². The van der Waals surface area contributed by atoms with Crippen LogP contribution in [0.4, 0.5) is 5.69 Å². The van der Waals surface area contributed by atoms with Crippen molar-refractivity contribution in [2.45, 2.75) is 19.9 Å². The Kier molecular flexibility index (Phi) is 7.10. The van der Waals surface area contributed by atoms with E-state index in [0.717, 1.165) is 43.3 Å². The van der Waals surface area contributed by atoms with Crippen molar-refractivity contribution < 1.29 is 4.79 Å². The van der Waals surface area contributed by atoms with E-state index in [4.69, 9.17) is 0 Å². The molecule has 2 heterocycles. The van der Waals surface area contributed by atoms with Gasteiger partial charge in [0.2, 0.25) is 5.91 Å². The number of carbonyl (C=O) groups is 1. The van der Waals surface area contributed by atoms with Crippen LogP contribution in [0.1, 0.15) is 17.4 Å². The number of nitrogens with one attached hydrogen (secondary N) is 3. The number of hydrogen-bond acceptors (Lipinski definition) is 4. The molecule has 1 amide bonds. The van der Waals surface area contributed by atoms with Crippen LogP contribution in [-0.4, -0.2) is 44.6 Å². The molecule has 0 bridgehead atoms. The summed E-state index contributed by atoms with van der Waals surface area (Å²) in [5, 5.41) is 11.6. The first-order valence-corrected chi connectivity index (χ1v) is 10.3. The number of nitrogens with zero attached hydrogens (tertiary/aromatic N) is 2. The van der Waals surface area contributed by atoms with E-state index in [1.807, 2.05) is 0 Å². The van der Waals surface area contributed by atoms with Gasteiger partial charge >= 0.3 is 0 Å². The Morgan fingerprint density at radius 1 is 1.26 bits per heavy atom. The van der Waals surface area contributed by atoms with Gasteiger partial charge in [-0.15, -0.1) is 11.3 Å². The van der Waals surface area contributed by atoms with Gasteiger partial charge in [-0.05, 0) is 42.5 Å². The summed E-state index contributed by atoms with van der Waals surface area (Å²) in [4.78, 5) is 19.7. The lowest BCUT2D eigenvalue weighted by molar-refractivity contribution is -0.120. The first kappa shape index (κ1) is 19.2. The summed E-state index contributed by atoms with van der Waals surface area (Å²) >= 11 is 1.78. The number of piperazine rings is 1. The van der Waals surface area contributed by atoms with Crippen molar-refractivity contribution in [3.63, 3.8) is 0 Å². The van der Waals surface area contributed by atoms with Crippen LogP contribution in [0.5, 0.6) is 0 Å². The van der Waals surface area contributed by atoms with Crippen molar-refractivity contribution in [1.29, 1.82) is 0 Å². The molecule has 1 aliphatic rings. The summed E-state index contributed by atoms with van der Waals surface area (Å²) in [7, 11) is 0. The number of benzene rings is 1. The van der Waals surface area contributed by atoms with Crippen LogP contribution >= 0.6 is 11.3 Å². The smallest absolute Gasteiger partial charge is 0.239 e. The molecule has 1 saturated heterocycles. The molecule has 6 nitrogen and oxygen atoms in total. The highest BCUT2D eigenvalue weighted by Crippen LogP contribution is 2.16. The maximum absolute atomic E-state index is 11.5. The van der Waals surface area contributed by atoms with E-state index in [1.54, 1.807) is 11.3 Å². The third kappa shape index (κ3) is 5.99. The van der Waals surface area contributed by atoms with Gasteiger partial charge in [0.05, 0.1) is 13.1 Å². The van der Waals surface area contributed by atoms with Gasteiger partial charge in [-0.2, -0.15) is 0 Å². The molecule has 1 fully saturated rings. The number of amides is 1. The Hall–Kier alpha value is -2.54. The molecule has 0 atom stereocenters. The molecule has 0 unspecified atom stereocenters. The Morgan fingerprint density at radius 2 is 2.11 bits per heavy atom. The number of hydrogen-bond donors (Lipinski definition) is 3. The molecule has 144 valence electrons. The summed E-state index contributed by atoms with van der Waals surface area (Å²) < 4.78 is 0. The second-order valence-corrected chi connectivity index (χ2v) is 7.42. The van der Waals surface area contributed by atoms with Crippen molar-refractivity contribution in [2.75, 3.05) is 37.6 Å². The van der Waals surface area contributed by atoms with E-state index in [0.29, 0.717) is 19.6 Å². The predicted octanol–water partition coefficient (Wildman–Crippen LogP) is 1.98. The fourth-order valence-electron chi connectivity index (χ4n) is 2.94. The van der Waals surface area contributed by atoms with E-state index < -0.39 is 0 Å². The molecule has 3 N–H and O–H groups in total. The van der Waals surface area contributed by atoms with Crippen LogP contribution < -0.4 is 20.9 Å². The van der Waals surface area contributed by atoms with E-state index in [-0.39, 0.29) is 5.91 Å². The number of anilines is 1. The first-order chi connectivity index (χ1) is 13.2. The van der Waals surface area contributed by atoms with Gasteiger partial charge in [0.25, 0.3) is 0 Å². The third-order valence-corrected chi connectivity index (χ3v) is 5.28. The Balaban J connectivity index is 1.52. The Morgan fingerprint density at radius 3 is 2.81 bits per heavy atom. The van der Waals surface area contributed by atoms with Crippen LogP contribution in [0.25, 0.3) is 0 Å². The van der Waals surface area contributed by atoms with Gasteiger partial charge in [-0.25, -0.2) is 4.99 Å². The summed E-state index contributed by atoms with van der Waals surface area (Å²) in [6.07, 6.45) is 1.00.